The van der Waals surface area contributed by atoms with Crippen LogP contribution in [0.25, 0.3) is 0 Å². The highest BCUT2D eigenvalue weighted by molar-refractivity contribution is 5.36. The van der Waals surface area contributed by atoms with Crippen LogP contribution in [-0.2, 0) is 0 Å². The molecule has 0 amide bonds. The minimum atomic E-state index is -2.84. The van der Waals surface area contributed by atoms with E-state index >= 15 is 0 Å². The van der Waals surface area contributed by atoms with E-state index in [4.69, 9.17) is 5.73 Å². The molecule has 2 rings (SSSR count). The van der Waals surface area contributed by atoms with E-state index in [9.17, 15) is 8.78 Å². The van der Waals surface area contributed by atoms with Gasteiger partial charge in [0.15, 0.2) is 0 Å². The Labute approximate surface area is 123 Å². The lowest BCUT2D eigenvalue weighted by molar-refractivity contribution is -0.0510. The number of halogens is 2. The summed E-state index contributed by atoms with van der Waals surface area (Å²) in [6.45, 7) is 1.11. The van der Waals surface area contributed by atoms with Gasteiger partial charge in [-0.3, -0.25) is 0 Å². The monoisotopic (exact) mass is 300 g/mol. The molecule has 7 heteroatoms. The van der Waals surface area contributed by atoms with Crippen LogP contribution in [0.1, 0.15) is 11.6 Å². The van der Waals surface area contributed by atoms with Gasteiger partial charge in [0.1, 0.15) is 5.75 Å². The lowest BCUT2D eigenvalue weighted by atomic mass is 10.1. The number of hydrogen-bond acceptors (Lipinski definition) is 5. The number of para-hydroxylation sites is 1. The minimum absolute atomic E-state index is 0.171. The first-order chi connectivity index (χ1) is 10.1. The van der Waals surface area contributed by atoms with Gasteiger partial charge >= 0.3 is 6.61 Å². The normalized spacial score (nSPS) is 18.9. The molecule has 1 saturated heterocycles. The number of ether oxygens (including phenoxy) is 1. The highest BCUT2D eigenvalue weighted by atomic mass is 19.3. The maximum Gasteiger partial charge on any atom is 0.387 e. The van der Waals surface area contributed by atoms with Crippen LogP contribution in [0.4, 0.5) is 8.78 Å². The van der Waals surface area contributed by atoms with Crippen molar-refractivity contribution >= 4 is 0 Å². The Kier molecular flexibility index (Phi) is 5.86. The fourth-order valence-electron chi connectivity index (χ4n) is 2.38. The van der Waals surface area contributed by atoms with E-state index in [1.165, 1.54) is 6.07 Å². The molecular formula is C14H22F2N4O. The van der Waals surface area contributed by atoms with Crippen molar-refractivity contribution < 1.29 is 13.5 Å². The van der Waals surface area contributed by atoms with E-state index < -0.39 is 6.61 Å². The lowest BCUT2D eigenvalue weighted by Crippen LogP contribution is -2.52. The number of benzene rings is 1. The second-order valence-electron chi connectivity index (χ2n) is 5.12. The van der Waals surface area contributed by atoms with Gasteiger partial charge in [-0.1, -0.05) is 18.2 Å². The predicted molar refractivity (Wildman–Crippen MR) is 77.1 cm³/mol. The average molecular weight is 300 g/mol. The standard InChI is InChI=1S/C14H22F2N4O/c1-19-6-8-20(9-7-19)18-12(10-17)11-4-2-3-5-13(11)21-14(15)16/h2-5,12,14,18H,6-10,17H2,1H3. The molecule has 0 aromatic heterocycles. The maximum atomic E-state index is 12.5. The highest BCUT2D eigenvalue weighted by Gasteiger charge is 2.21. The molecule has 5 nitrogen and oxygen atoms in total. The summed E-state index contributed by atoms with van der Waals surface area (Å²) in [6, 6.07) is 6.52. The number of nitrogens with zero attached hydrogens (tertiary/aromatic N) is 2. The Balaban J connectivity index is 2.06. The molecule has 1 aliphatic rings. The van der Waals surface area contributed by atoms with E-state index in [0.717, 1.165) is 26.2 Å². The van der Waals surface area contributed by atoms with Gasteiger partial charge in [0, 0.05) is 38.3 Å². The number of alkyl halides is 2. The second kappa shape index (κ2) is 7.65. The van der Waals surface area contributed by atoms with Crippen molar-refractivity contribution in [3.05, 3.63) is 29.8 Å². The molecule has 0 aliphatic carbocycles. The molecule has 1 aromatic rings. The van der Waals surface area contributed by atoms with Gasteiger partial charge < -0.3 is 15.4 Å². The molecule has 118 valence electrons. The Morgan fingerprint density at radius 3 is 2.52 bits per heavy atom. The summed E-state index contributed by atoms with van der Waals surface area (Å²) < 4.78 is 29.5. The van der Waals surface area contributed by atoms with Crippen LogP contribution < -0.4 is 15.9 Å². The van der Waals surface area contributed by atoms with E-state index in [0.29, 0.717) is 12.1 Å². The van der Waals surface area contributed by atoms with Gasteiger partial charge in [-0.15, -0.1) is 0 Å². The van der Waals surface area contributed by atoms with Crippen LogP contribution in [0.3, 0.4) is 0 Å². The van der Waals surface area contributed by atoms with Crippen molar-refractivity contribution in [3.8, 4) is 5.75 Å². The van der Waals surface area contributed by atoms with Gasteiger partial charge in [0.05, 0.1) is 6.04 Å². The molecule has 1 atom stereocenters. The molecule has 0 bridgehead atoms. The molecule has 1 aromatic carbocycles. The molecule has 3 N–H and O–H groups in total. The van der Waals surface area contributed by atoms with Crippen LogP contribution in [0.15, 0.2) is 24.3 Å². The number of nitrogens with two attached hydrogens (primary N) is 1. The van der Waals surface area contributed by atoms with E-state index in [-0.39, 0.29) is 11.8 Å². The van der Waals surface area contributed by atoms with Crippen LogP contribution in [-0.4, -0.2) is 56.3 Å². The first-order valence-electron chi connectivity index (χ1n) is 7.03. The van der Waals surface area contributed by atoms with Crippen molar-refractivity contribution in [2.24, 2.45) is 5.73 Å². The molecule has 21 heavy (non-hydrogen) atoms. The molecule has 0 spiro atoms. The lowest BCUT2D eigenvalue weighted by Gasteiger charge is -2.35. The predicted octanol–water partition coefficient (Wildman–Crippen LogP) is 1.04. The summed E-state index contributed by atoms with van der Waals surface area (Å²) in [5.74, 6) is 0.171. The quantitative estimate of drug-likeness (QED) is 0.822. The fraction of sp³-hybridized carbons (Fsp3) is 0.571. The second-order valence-corrected chi connectivity index (χ2v) is 5.12. The van der Waals surface area contributed by atoms with Crippen molar-refractivity contribution in [2.75, 3.05) is 39.8 Å². The highest BCUT2D eigenvalue weighted by Crippen LogP contribution is 2.26. The topological polar surface area (TPSA) is 53.8 Å². The summed E-state index contributed by atoms with van der Waals surface area (Å²) in [5.41, 5.74) is 9.77. The van der Waals surface area contributed by atoms with Gasteiger partial charge in [0.25, 0.3) is 0 Å². The summed E-state index contributed by atoms with van der Waals surface area (Å²) in [4.78, 5) is 2.24. The van der Waals surface area contributed by atoms with Crippen LogP contribution in [0.5, 0.6) is 5.75 Å². The largest absolute Gasteiger partial charge is 0.434 e. The SMILES string of the molecule is CN1CCN(NC(CN)c2ccccc2OC(F)F)CC1. The molecule has 1 heterocycles. The van der Waals surface area contributed by atoms with E-state index in [1.54, 1.807) is 18.2 Å². The zero-order valence-electron chi connectivity index (χ0n) is 12.1. The third kappa shape index (κ3) is 4.60. The maximum absolute atomic E-state index is 12.5. The van der Waals surface area contributed by atoms with Crippen molar-refractivity contribution in [1.29, 1.82) is 0 Å². The molecule has 1 unspecified atom stereocenters. The zero-order chi connectivity index (χ0) is 15.2. The summed E-state index contributed by atoms with van der Waals surface area (Å²) in [6.07, 6.45) is 0. The first-order valence-corrected chi connectivity index (χ1v) is 7.03. The number of hydrazine groups is 1. The zero-order valence-corrected chi connectivity index (χ0v) is 12.1. The van der Waals surface area contributed by atoms with Gasteiger partial charge in [-0.05, 0) is 13.1 Å². The molecule has 1 fully saturated rings. The Bertz CT molecular complexity index is 439. The van der Waals surface area contributed by atoms with Crippen LogP contribution in [0, 0.1) is 0 Å². The smallest absolute Gasteiger partial charge is 0.387 e. The number of likely N-dealkylation sites (N-methyl/N-ethyl adjacent to an activating group) is 1. The third-order valence-corrected chi connectivity index (χ3v) is 3.59. The minimum Gasteiger partial charge on any atom is -0.434 e. The third-order valence-electron chi connectivity index (χ3n) is 3.59. The summed E-state index contributed by atoms with van der Waals surface area (Å²) in [7, 11) is 2.07. The Morgan fingerprint density at radius 1 is 1.24 bits per heavy atom. The number of nitrogens with one attached hydrogen (secondary N) is 1. The van der Waals surface area contributed by atoms with Crippen molar-refractivity contribution in [3.63, 3.8) is 0 Å². The molecule has 1 aliphatic heterocycles. The van der Waals surface area contributed by atoms with E-state index in [1.807, 2.05) is 0 Å². The van der Waals surface area contributed by atoms with Crippen molar-refractivity contribution in [2.45, 2.75) is 12.7 Å². The number of hydrogen-bond donors (Lipinski definition) is 2. The van der Waals surface area contributed by atoms with Crippen molar-refractivity contribution in [1.82, 2.24) is 15.3 Å². The Hall–Kier alpha value is -1.28. The number of rotatable bonds is 6. The van der Waals surface area contributed by atoms with Gasteiger partial charge in [-0.2, -0.15) is 8.78 Å². The van der Waals surface area contributed by atoms with E-state index in [2.05, 4.69) is 27.1 Å². The first kappa shape index (κ1) is 16.1. The summed E-state index contributed by atoms with van der Waals surface area (Å²) >= 11 is 0. The molecule has 0 saturated carbocycles. The Morgan fingerprint density at radius 2 is 1.90 bits per heavy atom. The van der Waals surface area contributed by atoms with Gasteiger partial charge in [0.2, 0.25) is 0 Å². The fourth-order valence-corrected chi connectivity index (χ4v) is 2.38. The molecular weight excluding hydrogens is 278 g/mol. The molecule has 0 radical (unpaired) electrons. The summed E-state index contributed by atoms with van der Waals surface area (Å²) in [5, 5.41) is 2.08. The van der Waals surface area contributed by atoms with Crippen LogP contribution in [0.2, 0.25) is 0 Å². The average Bonchev–Trinajstić information content (AvgIpc) is 2.47. The number of piperazine rings is 1. The van der Waals surface area contributed by atoms with Crippen LogP contribution >= 0.6 is 0 Å². The van der Waals surface area contributed by atoms with Gasteiger partial charge in [-0.25, -0.2) is 10.4 Å².